The second-order valence-corrected chi connectivity index (χ2v) is 6.62. The van der Waals surface area contributed by atoms with Crippen molar-refractivity contribution < 1.29 is 4.79 Å². The lowest BCUT2D eigenvalue weighted by atomic mass is 10.1. The van der Waals surface area contributed by atoms with E-state index in [2.05, 4.69) is 10.6 Å². The summed E-state index contributed by atoms with van der Waals surface area (Å²) < 4.78 is 3.22. The van der Waals surface area contributed by atoms with Crippen molar-refractivity contribution in [3.05, 3.63) is 76.1 Å². The Labute approximate surface area is 162 Å². The Morgan fingerprint density at radius 2 is 1.59 bits per heavy atom. The van der Waals surface area contributed by atoms with Gasteiger partial charge in [-0.05, 0) is 31.3 Å². The van der Waals surface area contributed by atoms with Crippen LogP contribution < -0.4 is 16.2 Å². The maximum atomic E-state index is 12.6. The third-order valence-corrected chi connectivity index (χ3v) is 4.55. The molecule has 2 N–H and O–H groups in total. The van der Waals surface area contributed by atoms with Crippen LogP contribution in [0.4, 0.5) is 5.69 Å². The van der Waals surface area contributed by atoms with Crippen molar-refractivity contribution in [2.24, 2.45) is 14.1 Å². The van der Waals surface area contributed by atoms with Crippen molar-refractivity contribution in [2.75, 3.05) is 5.32 Å². The molecule has 3 rings (SSSR count). The normalized spacial score (nSPS) is 10.5. The number of rotatable bonds is 3. The zero-order valence-electron chi connectivity index (χ0n) is 15.3. The first-order valence-electron chi connectivity index (χ1n) is 8.39. The maximum absolute atomic E-state index is 12.6. The molecule has 2 aromatic carbocycles. The van der Waals surface area contributed by atoms with Crippen molar-refractivity contribution in [3.8, 4) is 11.3 Å². The van der Waals surface area contributed by atoms with Gasteiger partial charge in [-0.3, -0.25) is 24.3 Å². The van der Waals surface area contributed by atoms with Crippen molar-refractivity contribution in [3.63, 3.8) is 0 Å². The Morgan fingerprint density at radius 3 is 2.22 bits per heavy atom. The number of nitrogens with zero attached hydrogens (tertiary/aromatic N) is 2. The van der Waals surface area contributed by atoms with Gasteiger partial charge in [-0.1, -0.05) is 48.0 Å². The molecule has 6 nitrogen and oxygen atoms in total. The molecule has 0 aliphatic rings. The molecule has 0 aliphatic heterocycles. The van der Waals surface area contributed by atoms with E-state index in [1.807, 2.05) is 49.4 Å². The zero-order valence-corrected chi connectivity index (χ0v) is 16.1. The van der Waals surface area contributed by atoms with Crippen LogP contribution in [-0.2, 0) is 14.1 Å². The molecule has 1 aromatic heterocycles. The number of thiocarbonyl (C=S) groups is 1. The number of amides is 1. The smallest absolute Gasteiger partial charge is 0.290 e. The van der Waals surface area contributed by atoms with E-state index < -0.39 is 0 Å². The first-order valence-corrected chi connectivity index (χ1v) is 8.79. The Morgan fingerprint density at radius 1 is 0.963 bits per heavy atom. The van der Waals surface area contributed by atoms with Gasteiger partial charge in [0.25, 0.3) is 11.5 Å². The third kappa shape index (κ3) is 3.83. The molecule has 0 saturated heterocycles. The van der Waals surface area contributed by atoms with Crippen molar-refractivity contribution >= 4 is 28.9 Å². The Kier molecular flexibility index (Phi) is 5.23. The summed E-state index contributed by atoms with van der Waals surface area (Å²) >= 11 is 5.26. The minimum atomic E-state index is -0.332. The molecule has 138 valence electrons. The molecule has 1 heterocycles. The molecule has 27 heavy (non-hydrogen) atoms. The fourth-order valence-corrected chi connectivity index (χ4v) is 2.97. The summed E-state index contributed by atoms with van der Waals surface area (Å²) in [6.45, 7) is 1.95. The fraction of sp³-hybridized carbons (Fsp3) is 0.150. The van der Waals surface area contributed by atoms with E-state index in [-0.39, 0.29) is 16.6 Å². The average molecular weight is 380 g/mol. The SMILES string of the molecule is Cc1ccc(C(=O)NC(=S)Nc2c(-c3ccccc3)n(C)n(C)c2=O)cc1. The van der Waals surface area contributed by atoms with E-state index in [9.17, 15) is 9.59 Å². The molecular weight excluding hydrogens is 360 g/mol. The van der Waals surface area contributed by atoms with Crippen LogP contribution in [0.2, 0.25) is 0 Å². The summed E-state index contributed by atoms with van der Waals surface area (Å²) in [5.41, 5.74) is 3.20. The lowest BCUT2D eigenvalue weighted by molar-refractivity contribution is 0.0977. The molecule has 0 saturated carbocycles. The van der Waals surface area contributed by atoms with Gasteiger partial charge in [0.05, 0.1) is 5.69 Å². The summed E-state index contributed by atoms with van der Waals surface area (Å²) in [6, 6.07) is 16.7. The summed E-state index contributed by atoms with van der Waals surface area (Å²) in [4.78, 5) is 25.0. The van der Waals surface area contributed by atoms with Crippen LogP contribution in [0.1, 0.15) is 15.9 Å². The minimum Gasteiger partial charge on any atom is -0.326 e. The van der Waals surface area contributed by atoms with Gasteiger partial charge in [-0.15, -0.1) is 0 Å². The number of carbonyl (C=O) groups excluding carboxylic acids is 1. The topological polar surface area (TPSA) is 68.1 Å². The van der Waals surface area contributed by atoms with Crippen molar-refractivity contribution in [1.29, 1.82) is 0 Å². The second kappa shape index (κ2) is 7.59. The molecule has 0 bridgehead atoms. The van der Waals surface area contributed by atoms with E-state index in [0.717, 1.165) is 11.1 Å². The van der Waals surface area contributed by atoms with Crippen LogP contribution in [0, 0.1) is 6.92 Å². The fourth-order valence-electron chi connectivity index (χ4n) is 2.78. The van der Waals surface area contributed by atoms with Crippen LogP contribution in [0.15, 0.2) is 59.4 Å². The maximum Gasteiger partial charge on any atom is 0.290 e. The molecule has 0 unspecified atom stereocenters. The molecule has 7 heteroatoms. The predicted molar refractivity (Wildman–Crippen MR) is 111 cm³/mol. The monoisotopic (exact) mass is 380 g/mol. The number of hydrogen-bond donors (Lipinski definition) is 2. The number of carbonyl (C=O) groups is 1. The predicted octanol–water partition coefficient (Wildman–Crippen LogP) is 2.83. The first-order chi connectivity index (χ1) is 12.9. The summed E-state index contributed by atoms with van der Waals surface area (Å²) in [5.74, 6) is -0.332. The van der Waals surface area contributed by atoms with E-state index in [0.29, 0.717) is 16.9 Å². The molecule has 3 aromatic rings. The highest BCUT2D eigenvalue weighted by Gasteiger charge is 2.19. The van der Waals surface area contributed by atoms with Crippen LogP contribution in [0.3, 0.4) is 0 Å². The number of aromatic nitrogens is 2. The summed E-state index contributed by atoms with van der Waals surface area (Å²) in [5, 5.41) is 5.59. The van der Waals surface area contributed by atoms with Gasteiger partial charge in [0.15, 0.2) is 5.11 Å². The summed E-state index contributed by atoms with van der Waals surface area (Å²) in [6.07, 6.45) is 0. The van der Waals surface area contributed by atoms with Crippen molar-refractivity contribution in [1.82, 2.24) is 14.7 Å². The quantitative estimate of drug-likeness (QED) is 0.686. The first kappa shape index (κ1) is 18.6. The molecule has 0 aliphatic carbocycles. The Balaban J connectivity index is 1.86. The van der Waals surface area contributed by atoms with E-state index in [4.69, 9.17) is 12.2 Å². The minimum absolute atomic E-state index is 0.0704. The highest BCUT2D eigenvalue weighted by molar-refractivity contribution is 7.80. The highest BCUT2D eigenvalue weighted by atomic mass is 32.1. The van der Waals surface area contributed by atoms with E-state index in [1.54, 1.807) is 30.9 Å². The number of hydrogen-bond acceptors (Lipinski definition) is 3. The molecule has 0 atom stereocenters. The lowest BCUT2D eigenvalue weighted by Crippen LogP contribution is -2.35. The van der Waals surface area contributed by atoms with Crippen LogP contribution in [0.25, 0.3) is 11.3 Å². The van der Waals surface area contributed by atoms with Gasteiger partial charge in [0.2, 0.25) is 0 Å². The molecule has 0 fully saturated rings. The second-order valence-electron chi connectivity index (χ2n) is 6.22. The molecule has 1 amide bonds. The third-order valence-electron chi connectivity index (χ3n) is 4.34. The largest absolute Gasteiger partial charge is 0.326 e. The standard InChI is InChI=1S/C20H20N4O2S/c1-13-9-11-15(12-10-13)18(25)22-20(27)21-16-17(14-7-5-4-6-8-14)23(2)24(3)19(16)26/h4-12H,1-3H3,(H2,21,22,25,27). The van der Waals surface area contributed by atoms with Crippen LogP contribution in [-0.4, -0.2) is 20.4 Å². The number of anilines is 1. The van der Waals surface area contributed by atoms with E-state index in [1.165, 1.54) is 4.68 Å². The van der Waals surface area contributed by atoms with E-state index >= 15 is 0 Å². The molecular formula is C20H20N4O2S. The zero-order chi connectivity index (χ0) is 19.6. The van der Waals surface area contributed by atoms with Gasteiger partial charge in [0.1, 0.15) is 5.69 Å². The van der Waals surface area contributed by atoms with Gasteiger partial charge >= 0.3 is 0 Å². The van der Waals surface area contributed by atoms with Gasteiger partial charge in [-0.2, -0.15) is 0 Å². The average Bonchev–Trinajstić information content (AvgIpc) is 2.86. The molecule has 0 spiro atoms. The van der Waals surface area contributed by atoms with Gasteiger partial charge in [-0.25, -0.2) is 0 Å². The van der Waals surface area contributed by atoms with Crippen LogP contribution >= 0.6 is 12.2 Å². The Hall–Kier alpha value is -3.19. The van der Waals surface area contributed by atoms with Crippen LogP contribution in [0.5, 0.6) is 0 Å². The van der Waals surface area contributed by atoms with Crippen molar-refractivity contribution in [2.45, 2.75) is 6.92 Å². The number of aryl methyl sites for hydroxylation is 1. The Bertz CT molecular complexity index is 1050. The van der Waals surface area contributed by atoms with Gasteiger partial charge in [0, 0.05) is 25.2 Å². The summed E-state index contributed by atoms with van der Waals surface area (Å²) in [7, 11) is 3.47. The molecule has 0 radical (unpaired) electrons. The highest BCUT2D eigenvalue weighted by Crippen LogP contribution is 2.25. The number of benzene rings is 2. The number of nitrogens with one attached hydrogen (secondary N) is 2. The van der Waals surface area contributed by atoms with Gasteiger partial charge < -0.3 is 5.32 Å². The lowest BCUT2D eigenvalue weighted by Gasteiger charge is -2.11.